The van der Waals surface area contributed by atoms with E-state index in [4.69, 9.17) is 0 Å². The van der Waals surface area contributed by atoms with Gasteiger partial charge in [-0.25, -0.2) is 4.98 Å². The van der Waals surface area contributed by atoms with Gasteiger partial charge in [0.25, 0.3) is 11.8 Å². The predicted molar refractivity (Wildman–Crippen MR) is 52.0 cm³/mol. The van der Waals surface area contributed by atoms with Crippen molar-refractivity contribution in [2.24, 2.45) is 7.05 Å². The number of tetrazole rings is 1. The van der Waals surface area contributed by atoms with Crippen LogP contribution in [-0.2, 0) is 26.3 Å². The molecule has 2 aromatic rings. The zero-order chi connectivity index (χ0) is 13.8. The van der Waals surface area contributed by atoms with Crippen molar-refractivity contribution in [2.75, 3.05) is 0 Å². The van der Waals surface area contributed by atoms with E-state index in [2.05, 4.69) is 20.4 Å². The van der Waals surface area contributed by atoms with Crippen LogP contribution in [0.4, 0.5) is 13.2 Å². The summed E-state index contributed by atoms with van der Waals surface area (Å²) in [6, 6.07) is 0. The highest BCUT2D eigenvalue weighted by molar-refractivity contribution is 5.26. The largest absolute Gasteiger partial charge is 0.455 e. The fourth-order valence-electron chi connectivity index (χ4n) is 1.89. The van der Waals surface area contributed by atoms with Crippen LogP contribution in [0.15, 0.2) is 0 Å². The van der Waals surface area contributed by atoms with Gasteiger partial charge in [0.05, 0.1) is 24.5 Å². The van der Waals surface area contributed by atoms with Gasteiger partial charge >= 0.3 is 6.18 Å². The summed E-state index contributed by atoms with van der Waals surface area (Å²) in [6.45, 7) is 0.462. The van der Waals surface area contributed by atoms with E-state index in [0.29, 0.717) is 11.4 Å². The van der Waals surface area contributed by atoms with Crippen molar-refractivity contribution in [2.45, 2.75) is 19.3 Å². The van der Waals surface area contributed by atoms with Gasteiger partial charge in [-0.1, -0.05) is 4.80 Å². The van der Waals surface area contributed by atoms with E-state index >= 15 is 0 Å². The molecule has 0 aromatic carbocycles. The van der Waals surface area contributed by atoms with Crippen molar-refractivity contribution >= 4 is 0 Å². The normalized spacial score (nSPS) is 16.1. The Bertz CT molecular complexity index is 631. The van der Waals surface area contributed by atoms with Crippen molar-refractivity contribution < 1.29 is 18.4 Å². The predicted octanol–water partition coefficient (Wildman–Crippen LogP) is 0.119. The quantitative estimate of drug-likeness (QED) is 0.795. The summed E-state index contributed by atoms with van der Waals surface area (Å²) in [7, 11) is 1.61. The van der Waals surface area contributed by atoms with Crippen molar-refractivity contribution in [3.05, 3.63) is 17.2 Å². The van der Waals surface area contributed by atoms with E-state index in [1.54, 1.807) is 7.05 Å². The second-order valence-electron chi connectivity index (χ2n) is 4.09. The average Bonchev–Trinajstić information content (AvgIpc) is 2.94. The molecule has 0 atom stereocenters. The molecular formula is C8H8F3N7O. The number of aromatic nitrogens is 6. The van der Waals surface area contributed by atoms with Crippen LogP contribution in [0.2, 0.25) is 0 Å². The summed E-state index contributed by atoms with van der Waals surface area (Å²) in [4.78, 5) is 4.82. The molecule has 0 bridgehead atoms. The highest BCUT2D eigenvalue weighted by Crippen LogP contribution is 2.26. The van der Waals surface area contributed by atoms with E-state index in [9.17, 15) is 18.4 Å². The van der Waals surface area contributed by atoms with Crippen LogP contribution < -0.4 is 0 Å². The van der Waals surface area contributed by atoms with Gasteiger partial charge in [0.1, 0.15) is 0 Å². The molecule has 2 aromatic heterocycles. The molecule has 19 heavy (non-hydrogen) atoms. The minimum absolute atomic E-state index is 0.126. The first-order valence-electron chi connectivity index (χ1n) is 5.22. The Hall–Kier alpha value is -2.01. The number of imidazole rings is 1. The first kappa shape index (κ1) is 12.0. The highest BCUT2D eigenvalue weighted by Gasteiger charge is 2.37. The standard InChI is InChI=1S/C8H8F3N7O/c1-16-5-3-17(19)2-4(5)12-7(16)18-14-6(13-15-18)8(9,10)11/h19H,2-3H2,1H3. The molecule has 1 aliphatic heterocycles. The van der Waals surface area contributed by atoms with Crippen LogP contribution in [0.3, 0.4) is 0 Å². The van der Waals surface area contributed by atoms with Gasteiger partial charge in [-0.15, -0.1) is 10.2 Å². The molecule has 0 fully saturated rings. The van der Waals surface area contributed by atoms with Gasteiger partial charge in [-0.05, 0) is 5.21 Å². The zero-order valence-electron chi connectivity index (χ0n) is 9.63. The lowest BCUT2D eigenvalue weighted by atomic mass is 10.4. The Labute approximate surface area is 104 Å². The fourth-order valence-corrected chi connectivity index (χ4v) is 1.89. The van der Waals surface area contributed by atoms with E-state index < -0.39 is 12.0 Å². The lowest BCUT2D eigenvalue weighted by Gasteiger charge is -2.06. The molecule has 0 aliphatic carbocycles. The Morgan fingerprint density at radius 1 is 1.26 bits per heavy atom. The third-order valence-corrected chi connectivity index (χ3v) is 2.78. The molecule has 0 radical (unpaired) electrons. The molecule has 0 unspecified atom stereocenters. The molecule has 0 saturated carbocycles. The van der Waals surface area contributed by atoms with Crippen LogP contribution >= 0.6 is 0 Å². The van der Waals surface area contributed by atoms with Crippen LogP contribution in [0, 0.1) is 0 Å². The minimum Gasteiger partial charge on any atom is -0.313 e. The summed E-state index contributed by atoms with van der Waals surface area (Å²) >= 11 is 0. The molecule has 0 amide bonds. The van der Waals surface area contributed by atoms with E-state index in [-0.39, 0.29) is 19.0 Å². The summed E-state index contributed by atoms with van der Waals surface area (Å²) < 4.78 is 38.7. The number of alkyl halides is 3. The maximum atomic E-state index is 12.4. The summed E-state index contributed by atoms with van der Waals surface area (Å²) in [5.74, 6) is -1.19. The third kappa shape index (κ3) is 1.86. The second kappa shape index (κ2) is 3.74. The van der Waals surface area contributed by atoms with Crippen LogP contribution in [0.5, 0.6) is 0 Å². The molecule has 1 N–H and O–H groups in total. The molecular weight excluding hydrogens is 267 g/mol. The number of hydroxylamine groups is 2. The molecule has 3 heterocycles. The smallest absolute Gasteiger partial charge is 0.313 e. The van der Waals surface area contributed by atoms with Crippen LogP contribution in [0.25, 0.3) is 5.95 Å². The van der Waals surface area contributed by atoms with Crippen LogP contribution in [0.1, 0.15) is 17.2 Å². The average molecular weight is 275 g/mol. The minimum atomic E-state index is -4.64. The lowest BCUT2D eigenvalue weighted by Crippen LogP contribution is -2.15. The SMILES string of the molecule is Cn1c(-n2nnc(C(F)(F)F)n2)nc2c1CN(O)C2. The number of rotatable bonds is 1. The van der Waals surface area contributed by atoms with Crippen molar-refractivity contribution in [1.82, 2.24) is 34.8 Å². The molecule has 1 aliphatic rings. The van der Waals surface area contributed by atoms with E-state index in [0.717, 1.165) is 9.86 Å². The molecule has 11 heteroatoms. The van der Waals surface area contributed by atoms with Gasteiger partial charge in [-0.3, -0.25) is 0 Å². The first-order chi connectivity index (χ1) is 8.86. The van der Waals surface area contributed by atoms with Gasteiger partial charge in [0.2, 0.25) is 0 Å². The van der Waals surface area contributed by atoms with Crippen LogP contribution in [-0.4, -0.2) is 40.0 Å². The summed E-state index contributed by atoms with van der Waals surface area (Å²) in [5.41, 5.74) is 1.27. The lowest BCUT2D eigenvalue weighted by molar-refractivity contribution is -0.145. The number of hydrogen-bond donors (Lipinski definition) is 1. The maximum Gasteiger partial charge on any atom is 0.455 e. The fraction of sp³-hybridized carbons (Fsp3) is 0.500. The molecule has 3 rings (SSSR count). The Kier molecular flexibility index (Phi) is 2.37. The second-order valence-corrected chi connectivity index (χ2v) is 4.09. The first-order valence-corrected chi connectivity index (χ1v) is 5.22. The zero-order valence-corrected chi connectivity index (χ0v) is 9.63. The number of fused-ring (bicyclic) bond motifs is 1. The molecule has 8 nitrogen and oxygen atoms in total. The third-order valence-electron chi connectivity index (χ3n) is 2.78. The van der Waals surface area contributed by atoms with E-state index in [1.165, 1.54) is 4.57 Å². The van der Waals surface area contributed by atoms with Gasteiger partial charge in [-0.2, -0.15) is 18.2 Å². The van der Waals surface area contributed by atoms with E-state index in [1.807, 2.05) is 0 Å². The van der Waals surface area contributed by atoms with Crippen molar-refractivity contribution in [1.29, 1.82) is 0 Å². The number of hydrogen-bond acceptors (Lipinski definition) is 6. The van der Waals surface area contributed by atoms with Gasteiger partial charge in [0.15, 0.2) is 0 Å². The van der Waals surface area contributed by atoms with Gasteiger partial charge < -0.3 is 9.77 Å². The Morgan fingerprint density at radius 2 is 2.00 bits per heavy atom. The Morgan fingerprint density at radius 3 is 2.58 bits per heavy atom. The van der Waals surface area contributed by atoms with Crippen molar-refractivity contribution in [3.63, 3.8) is 0 Å². The summed E-state index contributed by atoms with van der Waals surface area (Å²) in [6.07, 6.45) is -4.64. The number of nitrogens with zero attached hydrogens (tertiary/aromatic N) is 7. The maximum absolute atomic E-state index is 12.4. The molecule has 0 spiro atoms. The monoisotopic (exact) mass is 275 g/mol. The topological polar surface area (TPSA) is 84.9 Å². The summed E-state index contributed by atoms with van der Waals surface area (Å²) in [5, 5.41) is 19.9. The highest BCUT2D eigenvalue weighted by atomic mass is 19.4. The molecule has 102 valence electrons. The Balaban J connectivity index is 2.00. The van der Waals surface area contributed by atoms with Crippen molar-refractivity contribution in [3.8, 4) is 5.95 Å². The molecule has 0 saturated heterocycles. The van der Waals surface area contributed by atoms with Gasteiger partial charge in [0, 0.05) is 7.05 Å². The number of halogens is 3.